The molecule has 0 amide bonds. The van der Waals surface area contributed by atoms with Crippen LogP contribution in [0.5, 0.6) is 23.0 Å². The Balaban J connectivity index is 1.60. The van der Waals surface area contributed by atoms with Crippen LogP contribution in [0, 0.1) is 5.82 Å². The van der Waals surface area contributed by atoms with Crippen molar-refractivity contribution in [2.75, 3.05) is 14.2 Å². The smallest absolute Gasteiger partial charge is 0.339 e. The van der Waals surface area contributed by atoms with Gasteiger partial charge in [-0.05, 0) is 54.6 Å². The molecular formula is C23H17FO7S. The number of halogens is 1. The third kappa shape index (κ3) is 4.15. The number of carbonyl (C=O) groups excluding carboxylic acids is 1. The maximum atomic E-state index is 13.1. The molecule has 0 saturated carbocycles. The van der Waals surface area contributed by atoms with Crippen molar-refractivity contribution in [3.63, 3.8) is 0 Å². The molecule has 0 bridgehead atoms. The zero-order chi connectivity index (χ0) is 22.9. The lowest BCUT2D eigenvalue weighted by Gasteiger charge is -2.08. The number of hydrogen-bond donors (Lipinski definition) is 0. The second-order valence-corrected chi connectivity index (χ2v) is 8.24. The molecule has 9 heteroatoms. The molecule has 0 fully saturated rings. The summed E-state index contributed by atoms with van der Waals surface area (Å²) in [6.07, 6.45) is 1.52. The van der Waals surface area contributed by atoms with Crippen molar-refractivity contribution in [3.8, 4) is 23.0 Å². The molecule has 164 valence electrons. The lowest BCUT2D eigenvalue weighted by Crippen LogP contribution is -2.09. The Morgan fingerprint density at radius 3 is 2.31 bits per heavy atom. The first-order valence-electron chi connectivity index (χ1n) is 9.31. The topological polar surface area (TPSA) is 88.1 Å². The van der Waals surface area contributed by atoms with Crippen LogP contribution in [0.15, 0.2) is 71.3 Å². The van der Waals surface area contributed by atoms with Crippen molar-refractivity contribution in [2.45, 2.75) is 4.90 Å². The van der Waals surface area contributed by atoms with Gasteiger partial charge in [0, 0.05) is 17.7 Å². The Bertz CT molecular complexity index is 1330. The third-order valence-electron chi connectivity index (χ3n) is 4.68. The molecule has 0 atom stereocenters. The molecule has 0 saturated heterocycles. The Hall–Kier alpha value is -3.85. The van der Waals surface area contributed by atoms with E-state index < -0.39 is 15.9 Å². The van der Waals surface area contributed by atoms with Gasteiger partial charge in [-0.3, -0.25) is 4.79 Å². The number of ether oxygens (including phenoxy) is 3. The number of methoxy groups -OCH3 is 2. The largest absolute Gasteiger partial charge is 0.497 e. The van der Waals surface area contributed by atoms with Gasteiger partial charge in [-0.25, -0.2) is 4.39 Å². The molecular weight excluding hydrogens is 439 g/mol. The molecule has 0 unspecified atom stereocenters. The predicted molar refractivity (Wildman–Crippen MR) is 113 cm³/mol. The fourth-order valence-corrected chi connectivity index (χ4v) is 4.00. The van der Waals surface area contributed by atoms with Gasteiger partial charge in [-0.1, -0.05) is 0 Å². The number of fused-ring (bicyclic) bond motifs is 1. The first-order chi connectivity index (χ1) is 15.3. The summed E-state index contributed by atoms with van der Waals surface area (Å²) in [6, 6.07) is 13.4. The van der Waals surface area contributed by atoms with E-state index in [1.807, 2.05) is 0 Å². The number of carbonyl (C=O) groups is 1. The number of rotatable bonds is 6. The molecule has 7 nitrogen and oxygen atoms in total. The molecule has 1 aliphatic heterocycles. The van der Waals surface area contributed by atoms with Crippen molar-refractivity contribution < 1.29 is 36.0 Å². The van der Waals surface area contributed by atoms with Crippen molar-refractivity contribution >= 4 is 22.0 Å². The highest BCUT2D eigenvalue weighted by atomic mass is 32.2. The minimum Gasteiger partial charge on any atom is -0.497 e. The maximum absolute atomic E-state index is 13.1. The van der Waals surface area contributed by atoms with Gasteiger partial charge in [0.25, 0.3) is 0 Å². The van der Waals surface area contributed by atoms with Crippen LogP contribution in [0.2, 0.25) is 0 Å². The van der Waals surface area contributed by atoms with E-state index in [9.17, 15) is 17.6 Å². The van der Waals surface area contributed by atoms with Crippen molar-refractivity contribution in [2.24, 2.45) is 0 Å². The Labute approximate surface area is 183 Å². The van der Waals surface area contributed by atoms with E-state index in [0.717, 1.165) is 24.3 Å². The fraction of sp³-hybridized carbons (Fsp3) is 0.0870. The number of Topliss-reactive ketones (excluding diaryl/α,β-unsaturated/α-hetero) is 1. The number of ketones is 1. The first kappa shape index (κ1) is 21.4. The number of benzene rings is 3. The van der Waals surface area contributed by atoms with Crippen molar-refractivity contribution in [1.82, 2.24) is 0 Å². The monoisotopic (exact) mass is 456 g/mol. The summed E-state index contributed by atoms with van der Waals surface area (Å²) in [4.78, 5) is 12.5. The Kier molecular flexibility index (Phi) is 5.58. The van der Waals surface area contributed by atoms with Gasteiger partial charge in [-0.2, -0.15) is 8.42 Å². The molecule has 1 aliphatic rings. The Morgan fingerprint density at radius 2 is 1.62 bits per heavy atom. The van der Waals surface area contributed by atoms with Gasteiger partial charge >= 0.3 is 10.1 Å². The zero-order valence-electron chi connectivity index (χ0n) is 17.0. The van der Waals surface area contributed by atoms with Crippen LogP contribution in [0.25, 0.3) is 6.08 Å². The van der Waals surface area contributed by atoms with Crippen molar-refractivity contribution in [1.29, 1.82) is 0 Å². The molecule has 1 heterocycles. The van der Waals surface area contributed by atoms with Gasteiger partial charge in [0.15, 0.2) is 5.76 Å². The normalized spacial score (nSPS) is 14.1. The fourth-order valence-electron chi connectivity index (χ4n) is 3.07. The van der Waals surface area contributed by atoms with Crippen LogP contribution >= 0.6 is 0 Å². The van der Waals surface area contributed by atoms with Crippen LogP contribution < -0.4 is 18.4 Å². The highest BCUT2D eigenvalue weighted by molar-refractivity contribution is 7.87. The van der Waals surface area contributed by atoms with Gasteiger partial charge in [0.05, 0.1) is 19.8 Å². The molecule has 3 aromatic carbocycles. The molecule has 0 N–H and O–H groups in total. The summed E-state index contributed by atoms with van der Waals surface area (Å²) in [5.41, 5.74) is 0.857. The minimum atomic E-state index is -4.19. The van der Waals surface area contributed by atoms with E-state index in [1.54, 1.807) is 18.2 Å². The summed E-state index contributed by atoms with van der Waals surface area (Å²) in [5.74, 6) is 0.285. The zero-order valence-corrected chi connectivity index (χ0v) is 17.8. The van der Waals surface area contributed by atoms with E-state index in [-0.39, 0.29) is 33.5 Å². The number of allylic oxidation sites excluding steroid dienone is 1. The second kappa shape index (κ2) is 8.35. The summed E-state index contributed by atoms with van der Waals surface area (Å²) in [6.45, 7) is 0. The molecule has 32 heavy (non-hydrogen) atoms. The maximum Gasteiger partial charge on any atom is 0.339 e. The summed E-state index contributed by atoms with van der Waals surface area (Å²) in [7, 11) is -1.16. The summed E-state index contributed by atoms with van der Waals surface area (Å²) in [5, 5.41) is 0. The molecule has 0 aliphatic carbocycles. The minimum absolute atomic E-state index is 0.0435. The van der Waals surface area contributed by atoms with E-state index in [1.165, 1.54) is 38.5 Å². The van der Waals surface area contributed by atoms with Gasteiger partial charge in [0.2, 0.25) is 5.78 Å². The summed E-state index contributed by atoms with van der Waals surface area (Å²) < 4.78 is 59.2. The number of hydrogen-bond acceptors (Lipinski definition) is 7. The van der Waals surface area contributed by atoms with Crippen LogP contribution in [-0.2, 0) is 10.1 Å². The van der Waals surface area contributed by atoms with Crippen LogP contribution in [0.1, 0.15) is 15.9 Å². The highest BCUT2D eigenvalue weighted by Crippen LogP contribution is 2.37. The molecule has 4 rings (SSSR count). The summed E-state index contributed by atoms with van der Waals surface area (Å²) >= 11 is 0. The van der Waals surface area contributed by atoms with Crippen LogP contribution in [-0.4, -0.2) is 28.4 Å². The molecule has 3 aromatic rings. The van der Waals surface area contributed by atoms with Gasteiger partial charge < -0.3 is 18.4 Å². The molecule has 0 radical (unpaired) electrons. The lowest BCUT2D eigenvalue weighted by molar-refractivity contribution is 0.101. The van der Waals surface area contributed by atoms with E-state index in [0.29, 0.717) is 17.1 Å². The van der Waals surface area contributed by atoms with E-state index in [2.05, 4.69) is 0 Å². The standard InChI is InChI=1S/C23H17FO7S/c1-28-16-6-3-14(20(12-16)29-2)11-22-23(25)19-10-7-17(13-21(19)30-22)31-32(26,27)18-8-4-15(24)5-9-18/h3-13H,1-2H3/b22-11-. The lowest BCUT2D eigenvalue weighted by atomic mass is 10.1. The average Bonchev–Trinajstić information content (AvgIpc) is 3.08. The van der Waals surface area contributed by atoms with Gasteiger partial charge in [0.1, 0.15) is 33.7 Å². The second-order valence-electron chi connectivity index (χ2n) is 6.70. The van der Waals surface area contributed by atoms with E-state index in [4.69, 9.17) is 18.4 Å². The van der Waals surface area contributed by atoms with E-state index >= 15 is 0 Å². The average molecular weight is 456 g/mol. The SMILES string of the molecule is COc1ccc(/C=C2\Oc3cc(OS(=O)(=O)c4ccc(F)cc4)ccc3C2=O)c(OC)c1. The quantitative estimate of drug-likeness (QED) is 0.405. The molecule has 0 spiro atoms. The predicted octanol–water partition coefficient (Wildman–Crippen LogP) is 4.23. The van der Waals surface area contributed by atoms with Gasteiger partial charge in [-0.15, -0.1) is 0 Å². The first-order valence-corrected chi connectivity index (χ1v) is 10.7. The van der Waals surface area contributed by atoms with Crippen LogP contribution in [0.3, 0.4) is 0 Å². The molecule has 0 aromatic heterocycles. The third-order valence-corrected chi connectivity index (χ3v) is 5.94. The highest BCUT2D eigenvalue weighted by Gasteiger charge is 2.29. The Morgan fingerprint density at radius 1 is 0.906 bits per heavy atom. The van der Waals surface area contributed by atoms with Crippen LogP contribution in [0.4, 0.5) is 4.39 Å². The van der Waals surface area contributed by atoms with Crippen molar-refractivity contribution in [3.05, 3.63) is 83.4 Å².